The Morgan fingerprint density at radius 2 is 1.88 bits per heavy atom. The molecule has 0 saturated heterocycles. The van der Waals surface area contributed by atoms with Gasteiger partial charge in [0.15, 0.2) is 11.6 Å². The van der Waals surface area contributed by atoms with E-state index >= 15 is 0 Å². The molecule has 138 valence electrons. The third-order valence-corrected chi connectivity index (χ3v) is 3.84. The Bertz CT molecular complexity index is 864. The smallest absolute Gasteiger partial charge is 0.191 e. The van der Waals surface area contributed by atoms with Gasteiger partial charge in [-0.3, -0.25) is 9.39 Å². The fourth-order valence-electron chi connectivity index (χ4n) is 2.59. The third-order valence-electron chi connectivity index (χ3n) is 3.84. The van der Waals surface area contributed by atoms with Crippen LogP contribution in [-0.4, -0.2) is 40.7 Å². The summed E-state index contributed by atoms with van der Waals surface area (Å²) >= 11 is 0. The molecule has 2 aromatic heterocycles. The molecule has 26 heavy (non-hydrogen) atoms. The molecule has 0 aliphatic rings. The van der Waals surface area contributed by atoms with Crippen molar-refractivity contribution in [1.29, 1.82) is 0 Å². The normalized spacial score (nSPS) is 11.2. The van der Waals surface area contributed by atoms with Gasteiger partial charge in [-0.05, 0) is 36.2 Å². The van der Waals surface area contributed by atoms with Crippen LogP contribution in [0, 0.1) is 5.82 Å². The SMILES string of the molecule is CN=C(NCCc1cccc(F)c1)NCCc1nnc2ccccn12.I. The lowest BCUT2D eigenvalue weighted by Gasteiger charge is -2.11. The molecule has 0 atom stereocenters. The molecular formula is C18H22FIN6. The lowest BCUT2D eigenvalue weighted by molar-refractivity contribution is 0.625. The molecule has 0 radical (unpaired) electrons. The van der Waals surface area contributed by atoms with E-state index in [2.05, 4.69) is 25.8 Å². The molecule has 0 aliphatic heterocycles. The Morgan fingerprint density at radius 3 is 2.65 bits per heavy atom. The molecule has 8 heteroatoms. The van der Waals surface area contributed by atoms with E-state index in [1.807, 2.05) is 34.9 Å². The molecule has 0 amide bonds. The molecule has 0 spiro atoms. The molecule has 0 saturated carbocycles. The Morgan fingerprint density at radius 1 is 1.08 bits per heavy atom. The van der Waals surface area contributed by atoms with E-state index in [1.54, 1.807) is 19.2 Å². The van der Waals surface area contributed by atoms with Crippen molar-refractivity contribution in [3.63, 3.8) is 0 Å². The van der Waals surface area contributed by atoms with Crippen molar-refractivity contribution in [1.82, 2.24) is 25.2 Å². The van der Waals surface area contributed by atoms with E-state index < -0.39 is 0 Å². The number of hydrogen-bond donors (Lipinski definition) is 2. The van der Waals surface area contributed by atoms with Crippen LogP contribution in [-0.2, 0) is 12.8 Å². The van der Waals surface area contributed by atoms with E-state index in [0.29, 0.717) is 19.0 Å². The van der Waals surface area contributed by atoms with Crippen LogP contribution in [0.5, 0.6) is 0 Å². The first kappa shape index (κ1) is 20.1. The standard InChI is InChI=1S/C18H21FN6.HI/c1-20-18(21-10-8-14-5-4-6-15(19)13-14)22-11-9-17-24-23-16-7-2-3-12-25(16)17;/h2-7,12-13H,8-11H2,1H3,(H2,20,21,22);1H. The summed E-state index contributed by atoms with van der Waals surface area (Å²) in [4.78, 5) is 4.20. The van der Waals surface area contributed by atoms with Crippen molar-refractivity contribution in [2.24, 2.45) is 4.99 Å². The second-order valence-electron chi connectivity index (χ2n) is 5.60. The second-order valence-corrected chi connectivity index (χ2v) is 5.60. The van der Waals surface area contributed by atoms with Crippen LogP contribution in [0.1, 0.15) is 11.4 Å². The Labute approximate surface area is 169 Å². The minimum absolute atomic E-state index is 0. The predicted octanol–water partition coefficient (Wildman–Crippen LogP) is 2.44. The molecule has 0 unspecified atom stereocenters. The number of nitrogens with one attached hydrogen (secondary N) is 2. The van der Waals surface area contributed by atoms with Gasteiger partial charge in [-0.25, -0.2) is 4.39 Å². The van der Waals surface area contributed by atoms with Gasteiger partial charge in [0.25, 0.3) is 0 Å². The minimum Gasteiger partial charge on any atom is -0.356 e. The van der Waals surface area contributed by atoms with Crippen LogP contribution < -0.4 is 10.6 Å². The minimum atomic E-state index is -0.208. The van der Waals surface area contributed by atoms with Crippen LogP contribution in [0.3, 0.4) is 0 Å². The van der Waals surface area contributed by atoms with Gasteiger partial charge >= 0.3 is 0 Å². The summed E-state index contributed by atoms with van der Waals surface area (Å²) in [7, 11) is 1.73. The highest BCUT2D eigenvalue weighted by atomic mass is 127. The van der Waals surface area contributed by atoms with Crippen molar-refractivity contribution in [3.05, 3.63) is 65.9 Å². The zero-order valence-corrected chi connectivity index (χ0v) is 16.9. The average Bonchev–Trinajstić information content (AvgIpc) is 3.04. The van der Waals surface area contributed by atoms with Gasteiger partial charge in [0.05, 0.1) is 0 Å². The van der Waals surface area contributed by atoms with Crippen molar-refractivity contribution < 1.29 is 4.39 Å². The fourth-order valence-corrected chi connectivity index (χ4v) is 2.59. The van der Waals surface area contributed by atoms with Gasteiger partial charge in [0, 0.05) is 32.8 Å². The number of nitrogens with zero attached hydrogens (tertiary/aromatic N) is 4. The summed E-state index contributed by atoms with van der Waals surface area (Å²) in [6.45, 7) is 1.37. The van der Waals surface area contributed by atoms with E-state index in [4.69, 9.17) is 0 Å². The van der Waals surface area contributed by atoms with E-state index in [9.17, 15) is 4.39 Å². The molecule has 0 fully saturated rings. The highest BCUT2D eigenvalue weighted by Gasteiger charge is 2.05. The third kappa shape index (κ3) is 5.38. The van der Waals surface area contributed by atoms with Gasteiger partial charge in [0.2, 0.25) is 0 Å². The number of benzene rings is 1. The monoisotopic (exact) mass is 468 g/mol. The maximum absolute atomic E-state index is 13.2. The summed E-state index contributed by atoms with van der Waals surface area (Å²) in [5, 5.41) is 14.8. The second kappa shape index (κ2) is 10.0. The van der Waals surface area contributed by atoms with Crippen LogP contribution in [0.4, 0.5) is 4.39 Å². The number of aromatic nitrogens is 3. The molecule has 2 heterocycles. The Balaban J connectivity index is 0.00000243. The topological polar surface area (TPSA) is 66.6 Å². The zero-order valence-electron chi connectivity index (χ0n) is 14.5. The van der Waals surface area contributed by atoms with Gasteiger partial charge < -0.3 is 10.6 Å². The summed E-state index contributed by atoms with van der Waals surface area (Å²) in [5.74, 6) is 1.41. The fraction of sp³-hybridized carbons (Fsp3) is 0.278. The molecule has 0 aliphatic carbocycles. The maximum Gasteiger partial charge on any atom is 0.191 e. The van der Waals surface area contributed by atoms with Crippen molar-refractivity contribution in [2.45, 2.75) is 12.8 Å². The van der Waals surface area contributed by atoms with Crippen molar-refractivity contribution in [2.75, 3.05) is 20.1 Å². The largest absolute Gasteiger partial charge is 0.356 e. The van der Waals surface area contributed by atoms with Crippen LogP contribution in [0.25, 0.3) is 5.65 Å². The quantitative estimate of drug-likeness (QED) is 0.332. The summed E-state index contributed by atoms with van der Waals surface area (Å²) < 4.78 is 15.1. The number of aliphatic imine (C=N–C) groups is 1. The van der Waals surface area contributed by atoms with E-state index in [1.165, 1.54) is 6.07 Å². The van der Waals surface area contributed by atoms with Gasteiger partial charge in [-0.15, -0.1) is 34.2 Å². The number of hydrogen-bond acceptors (Lipinski definition) is 3. The van der Waals surface area contributed by atoms with Gasteiger partial charge in [-0.2, -0.15) is 0 Å². The first-order valence-corrected chi connectivity index (χ1v) is 8.24. The van der Waals surface area contributed by atoms with Crippen LogP contribution in [0.15, 0.2) is 53.7 Å². The molecular weight excluding hydrogens is 446 g/mol. The number of guanidine groups is 1. The van der Waals surface area contributed by atoms with E-state index in [0.717, 1.165) is 29.9 Å². The summed E-state index contributed by atoms with van der Waals surface area (Å²) in [6.07, 6.45) is 3.42. The van der Waals surface area contributed by atoms with Crippen molar-refractivity contribution in [3.8, 4) is 0 Å². The number of halogens is 2. The maximum atomic E-state index is 13.2. The average molecular weight is 468 g/mol. The van der Waals surface area contributed by atoms with E-state index in [-0.39, 0.29) is 29.8 Å². The number of pyridine rings is 1. The molecule has 6 nitrogen and oxygen atoms in total. The van der Waals surface area contributed by atoms with Crippen LogP contribution >= 0.6 is 24.0 Å². The predicted molar refractivity (Wildman–Crippen MR) is 112 cm³/mol. The molecule has 1 aromatic carbocycles. The van der Waals surface area contributed by atoms with Gasteiger partial charge in [-0.1, -0.05) is 18.2 Å². The summed E-state index contributed by atoms with van der Waals surface area (Å²) in [5.41, 5.74) is 1.80. The summed E-state index contributed by atoms with van der Waals surface area (Å²) in [6, 6.07) is 12.5. The van der Waals surface area contributed by atoms with Gasteiger partial charge in [0.1, 0.15) is 11.6 Å². The lowest BCUT2D eigenvalue weighted by Crippen LogP contribution is -2.39. The van der Waals surface area contributed by atoms with Crippen LogP contribution in [0.2, 0.25) is 0 Å². The Hall–Kier alpha value is -2.23. The molecule has 3 aromatic rings. The molecule has 3 rings (SSSR count). The highest BCUT2D eigenvalue weighted by Crippen LogP contribution is 2.04. The highest BCUT2D eigenvalue weighted by molar-refractivity contribution is 14.0. The Kier molecular flexibility index (Phi) is 7.76. The zero-order chi connectivity index (χ0) is 17.5. The lowest BCUT2D eigenvalue weighted by atomic mass is 10.1. The molecule has 2 N–H and O–H groups in total. The van der Waals surface area contributed by atoms with Crippen molar-refractivity contribution >= 4 is 35.6 Å². The number of rotatable bonds is 6. The number of fused-ring (bicyclic) bond motifs is 1. The first-order chi connectivity index (χ1) is 12.3. The molecule has 0 bridgehead atoms. The first-order valence-electron chi connectivity index (χ1n) is 8.24.